The minimum atomic E-state index is -0.687. The maximum Gasteiger partial charge on any atom is 0.249 e. The molecular formula is C30H31N5O4. The maximum absolute atomic E-state index is 12.4. The molecule has 0 fully saturated rings. The van der Waals surface area contributed by atoms with Crippen molar-refractivity contribution < 1.29 is 19.4 Å². The van der Waals surface area contributed by atoms with E-state index in [2.05, 4.69) is 11.4 Å². The number of nitriles is 1. The molecule has 39 heavy (non-hydrogen) atoms. The van der Waals surface area contributed by atoms with E-state index in [-0.39, 0.29) is 23.8 Å². The molecule has 2 amide bonds. The summed E-state index contributed by atoms with van der Waals surface area (Å²) in [7, 11) is 0. The van der Waals surface area contributed by atoms with Crippen molar-refractivity contribution in [1.82, 2.24) is 14.7 Å². The largest absolute Gasteiger partial charge is 0.490 e. The first-order valence-electron chi connectivity index (χ1n) is 12.7. The average molecular weight is 526 g/mol. The average Bonchev–Trinajstić information content (AvgIpc) is 3.36. The number of fused-ring (bicyclic) bond motifs is 1. The molecule has 4 aromatic rings. The van der Waals surface area contributed by atoms with Crippen LogP contribution in [0.1, 0.15) is 52.4 Å². The van der Waals surface area contributed by atoms with Crippen molar-refractivity contribution >= 4 is 17.5 Å². The Morgan fingerprint density at radius 1 is 1.18 bits per heavy atom. The first kappa shape index (κ1) is 27.4. The van der Waals surface area contributed by atoms with Gasteiger partial charge in [0.2, 0.25) is 11.8 Å². The maximum atomic E-state index is 12.4. The van der Waals surface area contributed by atoms with Crippen LogP contribution >= 0.6 is 0 Å². The van der Waals surface area contributed by atoms with Gasteiger partial charge in [-0.05, 0) is 62.1 Å². The van der Waals surface area contributed by atoms with Gasteiger partial charge in [0, 0.05) is 36.0 Å². The van der Waals surface area contributed by atoms with Crippen LogP contribution in [0, 0.1) is 18.3 Å². The number of pyridine rings is 1. The van der Waals surface area contributed by atoms with Gasteiger partial charge in [-0.3, -0.25) is 9.59 Å². The van der Waals surface area contributed by atoms with Gasteiger partial charge in [-0.25, -0.2) is 4.98 Å². The van der Waals surface area contributed by atoms with Crippen molar-refractivity contribution in [3.63, 3.8) is 0 Å². The van der Waals surface area contributed by atoms with E-state index in [1.807, 2.05) is 74.0 Å². The Labute approximate surface area is 226 Å². The van der Waals surface area contributed by atoms with Crippen LogP contribution in [0.15, 0.2) is 60.9 Å². The number of aliphatic hydroxyl groups is 1. The highest BCUT2D eigenvalue weighted by Crippen LogP contribution is 2.34. The molecule has 2 heterocycles. The zero-order valence-electron chi connectivity index (χ0n) is 22.1. The molecule has 4 N–H and O–H groups in total. The Kier molecular flexibility index (Phi) is 8.27. The fraction of sp³-hybridized carbons (Fsp3) is 0.267. The third-order valence-corrected chi connectivity index (χ3v) is 6.45. The summed E-state index contributed by atoms with van der Waals surface area (Å²) >= 11 is 0. The first-order valence-corrected chi connectivity index (χ1v) is 12.7. The van der Waals surface area contributed by atoms with Gasteiger partial charge in [0.25, 0.3) is 0 Å². The number of carbonyl (C=O) groups is 2. The van der Waals surface area contributed by atoms with E-state index in [1.165, 1.54) is 0 Å². The number of primary amides is 1. The lowest BCUT2D eigenvalue weighted by atomic mass is 9.84. The van der Waals surface area contributed by atoms with Crippen molar-refractivity contribution in [3.8, 4) is 23.1 Å². The molecule has 2 aromatic carbocycles. The lowest BCUT2D eigenvalue weighted by molar-refractivity contribution is -0.123. The van der Waals surface area contributed by atoms with Gasteiger partial charge >= 0.3 is 0 Å². The third kappa shape index (κ3) is 6.08. The molecule has 0 bridgehead atoms. The molecule has 0 aliphatic heterocycles. The number of rotatable bonds is 10. The second-order valence-electron chi connectivity index (χ2n) is 9.65. The summed E-state index contributed by atoms with van der Waals surface area (Å²) in [4.78, 5) is 29.1. The smallest absolute Gasteiger partial charge is 0.249 e. The molecule has 4 rings (SSSR count). The van der Waals surface area contributed by atoms with E-state index < -0.39 is 24.3 Å². The molecule has 9 heteroatoms. The van der Waals surface area contributed by atoms with Gasteiger partial charge in [0.15, 0.2) is 0 Å². The second-order valence-corrected chi connectivity index (χ2v) is 9.65. The minimum Gasteiger partial charge on any atom is -0.490 e. The molecule has 1 atom stereocenters. The summed E-state index contributed by atoms with van der Waals surface area (Å²) in [5, 5.41) is 22.0. The number of imidazole rings is 1. The predicted molar refractivity (Wildman–Crippen MR) is 147 cm³/mol. The number of nitrogens with zero attached hydrogens (tertiary/aromatic N) is 3. The van der Waals surface area contributed by atoms with Crippen molar-refractivity contribution in [2.24, 2.45) is 5.73 Å². The predicted octanol–water partition coefficient (Wildman–Crippen LogP) is 3.50. The summed E-state index contributed by atoms with van der Waals surface area (Å²) < 4.78 is 7.83. The molecule has 200 valence electrons. The zero-order valence-corrected chi connectivity index (χ0v) is 22.1. The number of hydrogen-bond donors (Lipinski definition) is 3. The fourth-order valence-electron chi connectivity index (χ4n) is 4.66. The van der Waals surface area contributed by atoms with Gasteiger partial charge in [-0.1, -0.05) is 30.3 Å². The number of aromatic nitrogens is 2. The summed E-state index contributed by atoms with van der Waals surface area (Å²) in [5.74, 6) is -1.42. The Morgan fingerprint density at radius 2 is 1.92 bits per heavy atom. The number of nitrogens with two attached hydrogens (primary N) is 1. The van der Waals surface area contributed by atoms with Crippen molar-refractivity contribution in [2.75, 3.05) is 13.2 Å². The highest BCUT2D eigenvalue weighted by Gasteiger charge is 2.26. The van der Waals surface area contributed by atoms with Crippen LogP contribution in [0.5, 0.6) is 5.75 Å². The van der Waals surface area contributed by atoms with Crippen LogP contribution in [0.2, 0.25) is 0 Å². The molecule has 2 aromatic heterocycles. The number of nitrogens with one attached hydrogen (secondary N) is 1. The normalized spacial score (nSPS) is 11.8. The van der Waals surface area contributed by atoms with Crippen LogP contribution in [0.4, 0.5) is 0 Å². The van der Waals surface area contributed by atoms with E-state index in [0.717, 1.165) is 28.0 Å². The number of aliphatic hydroxyl groups excluding tert-OH is 1. The Hall–Kier alpha value is -4.68. The van der Waals surface area contributed by atoms with E-state index in [4.69, 9.17) is 15.5 Å². The number of carbonyl (C=O) groups excluding carboxylic acids is 2. The number of aryl methyl sites for hydroxylation is 1. The van der Waals surface area contributed by atoms with Crippen LogP contribution in [0.25, 0.3) is 16.9 Å². The van der Waals surface area contributed by atoms with E-state index in [9.17, 15) is 20.0 Å². The van der Waals surface area contributed by atoms with Gasteiger partial charge in [0.05, 0.1) is 17.4 Å². The van der Waals surface area contributed by atoms with E-state index in [1.54, 1.807) is 12.1 Å². The quantitative estimate of drug-likeness (QED) is 0.289. The van der Waals surface area contributed by atoms with Gasteiger partial charge in [0.1, 0.15) is 24.1 Å². The second kappa shape index (κ2) is 11.8. The van der Waals surface area contributed by atoms with Gasteiger partial charge in [-0.15, -0.1) is 0 Å². The summed E-state index contributed by atoms with van der Waals surface area (Å²) in [6.45, 7) is 5.10. The van der Waals surface area contributed by atoms with Gasteiger partial charge in [-0.2, -0.15) is 5.26 Å². The SMILES string of the molecule is Cc1cccn2cc(-c3ccc(CC(CNC(=O)CO)c4c(C(N)=O)ccc(OC(C)C)c4C#N)cc3)nc12. The Bertz CT molecular complexity index is 1550. The van der Waals surface area contributed by atoms with E-state index in [0.29, 0.717) is 17.7 Å². The molecule has 9 nitrogen and oxygen atoms in total. The number of amides is 2. The standard InChI is InChI=1S/C30H31N5O4/c1-18(2)39-26-11-10-23(29(32)38)28(24(26)14-31)22(15-33-27(37)17-36)13-20-6-8-21(9-7-20)25-16-35-12-4-5-19(3)30(35)34-25/h4-12,16,18,22,36H,13,15,17H2,1-3H3,(H2,32,38)(H,33,37). The number of ether oxygens (including phenoxy) is 1. The summed E-state index contributed by atoms with van der Waals surface area (Å²) in [6, 6.07) is 17.1. The Balaban J connectivity index is 1.72. The lowest BCUT2D eigenvalue weighted by Crippen LogP contribution is -2.32. The van der Waals surface area contributed by atoms with Crippen molar-refractivity contribution in [2.45, 2.75) is 39.2 Å². The minimum absolute atomic E-state index is 0.0763. The molecule has 1 unspecified atom stereocenters. The highest BCUT2D eigenvalue weighted by atomic mass is 16.5. The molecule has 0 aliphatic carbocycles. The van der Waals surface area contributed by atoms with Gasteiger partial charge < -0.3 is 25.3 Å². The van der Waals surface area contributed by atoms with Crippen molar-refractivity contribution in [3.05, 3.63) is 88.7 Å². The fourth-order valence-corrected chi connectivity index (χ4v) is 4.66. The zero-order chi connectivity index (χ0) is 28.1. The summed E-state index contributed by atoms with van der Waals surface area (Å²) in [6.07, 6.45) is 4.12. The molecular weight excluding hydrogens is 494 g/mol. The Morgan fingerprint density at radius 3 is 2.54 bits per heavy atom. The highest BCUT2D eigenvalue weighted by molar-refractivity contribution is 5.95. The first-order chi connectivity index (χ1) is 18.7. The summed E-state index contributed by atoms with van der Waals surface area (Å²) in [5.41, 5.74) is 11.1. The lowest BCUT2D eigenvalue weighted by Gasteiger charge is -2.24. The van der Waals surface area contributed by atoms with Crippen LogP contribution < -0.4 is 15.8 Å². The molecule has 0 radical (unpaired) electrons. The number of hydrogen-bond acceptors (Lipinski definition) is 6. The third-order valence-electron chi connectivity index (χ3n) is 6.45. The molecule has 0 spiro atoms. The van der Waals surface area contributed by atoms with E-state index >= 15 is 0 Å². The van der Waals surface area contributed by atoms with Crippen LogP contribution in [0.3, 0.4) is 0 Å². The van der Waals surface area contributed by atoms with Crippen LogP contribution in [-0.4, -0.2) is 45.6 Å². The molecule has 0 saturated heterocycles. The topological polar surface area (TPSA) is 143 Å². The van der Waals surface area contributed by atoms with Crippen molar-refractivity contribution in [1.29, 1.82) is 5.26 Å². The number of benzene rings is 2. The monoisotopic (exact) mass is 525 g/mol. The molecule has 0 aliphatic rings. The molecule has 0 saturated carbocycles. The van der Waals surface area contributed by atoms with Crippen LogP contribution in [-0.2, 0) is 11.2 Å².